The summed E-state index contributed by atoms with van der Waals surface area (Å²) in [5.41, 5.74) is 3.02. The molecule has 0 bridgehead atoms. The number of aromatic nitrogens is 1. The fraction of sp³-hybridized carbons (Fsp3) is 0.379. The Labute approximate surface area is 247 Å². The molecule has 4 rings (SSSR count). The molecule has 3 aromatic rings. The number of methoxy groups -OCH3 is 3. The number of hydrogen-bond acceptors (Lipinski definition) is 10. The fourth-order valence-corrected chi connectivity index (χ4v) is 6.00. The predicted molar refractivity (Wildman–Crippen MR) is 164 cm³/mol. The van der Waals surface area contributed by atoms with Crippen molar-refractivity contribution in [1.29, 1.82) is 0 Å². The molecule has 1 aromatic heterocycles. The first-order chi connectivity index (χ1) is 19.8. The van der Waals surface area contributed by atoms with Crippen molar-refractivity contribution in [2.75, 3.05) is 44.0 Å². The highest BCUT2D eigenvalue weighted by atomic mass is 32.2. The number of anilines is 2. The molecule has 0 unspecified atom stereocenters. The van der Waals surface area contributed by atoms with Crippen LogP contribution in [-0.4, -0.2) is 56.2 Å². The molecule has 218 valence electrons. The van der Waals surface area contributed by atoms with Crippen molar-refractivity contribution in [2.24, 2.45) is 0 Å². The Kier molecular flexibility index (Phi) is 10.1. The molecule has 2 amide bonds. The second kappa shape index (κ2) is 13.7. The summed E-state index contributed by atoms with van der Waals surface area (Å²) in [5.74, 6) is 1.66. The summed E-state index contributed by atoms with van der Waals surface area (Å²) in [4.78, 5) is 43.2. The Hall–Kier alpha value is -3.77. The average Bonchev–Trinajstić information content (AvgIpc) is 3.36. The number of nitrogens with one attached hydrogen (secondary N) is 3. The molecule has 2 atom stereocenters. The smallest absolute Gasteiger partial charge is 0.248 e. The molecule has 41 heavy (non-hydrogen) atoms. The van der Waals surface area contributed by atoms with Crippen molar-refractivity contribution in [3.63, 3.8) is 0 Å². The number of thioether (sulfide) groups is 1. The number of thiazole rings is 1. The highest BCUT2D eigenvalue weighted by Crippen LogP contribution is 2.50. The minimum absolute atomic E-state index is 0.206. The van der Waals surface area contributed by atoms with E-state index in [1.807, 2.05) is 18.4 Å². The molecular formula is C29H34N4O6S2. The summed E-state index contributed by atoms with van der Waals surface area (Å²) < 4.78 is 17.1. The standard InChI is InChI=1S/C29H34N4O6S2/c1-16(34)31-20-8-6-17-14-24(37-2)26(38-3)27(39-4)25(17)18-7-9-21(23(35)15-19(18)20)32-22(10-12-40-5)28(36)33-29-30-11-13-41-29/h7,9,11,13-15,20,22H,6,8,10,12H2,1-5H3,(H,31,34)(H,32,35)(H,30,33,36)/t20-,22-/m0/s1. The summed E-state index contributed by atoms with van der Waals surface area (Å²) in [6, 6.07) is 5.86. The van der Waals surface area contributed by atoms with Gasteiger partial charge in [0.05, 0.1) is 33.1 Å². The van der Waals surface area contributed by atoms with E-state index in [9.17, 15) is 14.4 Å². The van der Waals surface area contributed by atoms with E-state index in [2.05, 4.69) is 20.9 Å². The number of hydrogen-bond donors (Lipinski definition) is 3. The van der Waals surface area contributed by atoms with Gasteiger partial charge < -0.3 is 30.2 Å². The Morgan fingerprint density at radius 2 is 1.93 bits per heavy atom. The highest BCUT2D eigenvalue weighted by Gasteiger charge is 2.30. The zero-order valence-corrected chi connectivity index (χ0v) is 25.3. The quantitative estimate of drug-likeness (QED) is 0.292. The molecule has 0 aliphatic heterocycles. The number of fused-ring (bicyclic) bond motifs is 3. The SMILES string of the molecule is COc1cc2c(c(OC)c1OC)-c1ccc(N[C@@H](CCSC)C(=O)Nc3nccs3)c(=O)cc1[C@@H](NC(C)=O)CC2. The topological polar surface area (TPSA) is 128 Å². The summed E-state index contributed by atoms with van der Waals surface area (Å²) in [6.07, 6.45) is 5.23. The van der Waals surface area contributed by atoms with Gasteiger partial charge in [-0.2, -0.15) is 11.8 Å². The number of benzene rings is 1. The van der Waals surface area contributed by atoms with Gasteiger partial charge in [0.2, 0.25) is 23.0 Å². The van der Waals surface area contributed by atoms with E-state index in [0.717, 1.165) is 11.1 Å². The first-order valence-electron chi connectivity index (χ1n) is 13.0. The molecule has 0 fully saturated rings. The molecule has 10 nitrogen and oxygen atoms in total. The Balaban J connectivity index is 1.86. The van der Waals surface area contributed by atoms with Gasteiger partial charge in [-0.1, -0.05) is 6.07 Å². The number of nitrogens with zero attached hydrogens (tertiary/aromatic N) is 1. The first-order valence-corrected chi connectivity index (χ1v) is 15.3. The molecule has 12 heteroatoms. The van der Waals surface area contributed by atoms with E-state index in [-0.39, 0.29) is 22.9 Å². The van der Waals surface area contributed by atoms with Crippen molar-refractivity contribution in [2.45, 2.75) is 38.3 Å². The van der Waals surface area contributed by atoms with Crippen LogP contribution in [0.3, 0.4) is 0 Å². The van der Waals surface area contributed by atoms with E-state index in [4.69, 9.17) is 14.2 Å². The maximum atomic E-state index is 13.7. The minimum atomic E-state index is -0.668. The van der Waals surface area contributed by atoms with Crippen LogP contribution in [0.15, 0.2) is 40.6 Å². The first kappa shape index (κ1) is 30.2. The van der Waals surface area contributed by atoms with E-state index in [0.29, 0.717) is 58.5 Å². The second-order valence-electron chi connectivity index (χ2n) is 9.40. The van der Waals surface area contributed by atoms with E-state index in [1.165, 1.54) is 24.3 Å². The summed E-state index contributed by atoms with van der Waals surface area (Å²) in [5, 5.41) is 11.3. The van der Waals surface area contributed by atoms with Crippen molar-refractivity contribution in [1.82, 2.24) is 10.3 Å². The third-order valence-electron chi connectivity index (χ3n) is 6.84. The Morgan fingerprint density at radius 3 is 2.56 bits per heavy atom. The fourth-order valence-electron chi connectivity index (χ4n) is 5.00. The normalized spacial score (nSPS) is 14.5. The number of ether oxygens (including phenoxy) is 3. The van der Waals surface area contributed by atoms with Gasteiger partial charge >= 0.3 is 0 Å². The largest absolute Gasteiger partial charge is 0.493 e. The van der Waals surface area contributed by atoms with E-state index in [1.54, 1.807) is 50.7 Å². The Morgan fingerprint density at radius 1 is 1.15 bits per heavy atom. The molecule has 0 spiro atoms. The number of carbonyl (C=O) groups is 2. The van der Waals surface area contributed by atoms with E-state index < -0.39 is 12.1 Å². The lowest BCUT2D eigenvalue weighted by atomic mass is 9.95. The van der Waals surface area contributed by atoms with Gasteiger partial charge in [0.25, 0.3) is 0 Å². The minimum Gasteiger partial charge on any atom is -0.493 e. The molecule has 2 aromatic carbocycles. The van der Waals surface area contributed by atoms with Crippen LogP contribution in [0.2, 0.25) is 0 Å². The third kappa shape index (κ3) is 6.76. The van der Waals surface area contributed by atoms with Gasteiger partial charge in [-0.15, -0.1) is 11.3 Å². The summed E-state index contributed by atoms with van der Waals surface area (Å²) in [7, 11) is 4.66. The van der Waals surface area contributed by atoms with Gasteiger partial charge in [0.1, 0.15) is 6.04 Å². The molecular weight excluding hydrogens is 564 g/mol. The zero-order valence-electron chi connectivity index (χ0n) is 23.7. The van der Waals surface area contributed by atoms with Gasteiger partial charge in [-0.3, -0.25) is 14.4 Å². The predicted octanol–water partition coefficient (Wildman–Crippen LogP) is 4.49. The number of carbonyl (C=O) groups excluding carboxylic acids is 2. The number of rotatable bonds is 11. The van der Waals surface area contributed by atoms with Crippen LogP contribution >= 0.6 is 23.1 Å². The molecule has 1 aliphatic rings. The van der Waals surface area contributed by atoms with Crippen molar-refractivity contribution >= 4 is 45.7 Å². The van der Waals surface area contributed by atoms with E-state index >= 15 is 0 Å². The Bertz CT molecular complexity index is 1460. The summed E-state index contributed by atoms with van der Waals surface area (Å²) in [6.45, 7) is 1.45. The highest BCUT2D eigenvalue weighted by molar-refractivity contribution is 7.98. The lowest BCUT2D eigenvalue weighted by Gasteiger charge is -2.19. The van der Waals surface area contributed by atoms with Crippen LogP contribution in [0.1, 0.15) is 36.9 Å². The van der Waals surface area contributed by atoms with Crippen molar-refractivity contribution in [3.8, 4) is 28.4 Å². The van der Waals surface area contributed by atoms with Crippen LogP contribution in [-0.2, 0) is 16.0 Å². The molecule has 0 saturated carbocycles. The maximum absolute atomic E-state index is 13.7. The van der Waals surface area contributed by atoms with Crippen LogP contribution in [0.5, 0.6) is 17.2 Å². The average molecular weight is 599 g/mol. The number of amides is 2. The zero-order chi connectivity index (χ0) is 29.5. The van der Waals surface area contributed by atoms with Crippen LogP contribution in [0.4, 0.5) is 10.8 Å². The number of aryl methyl sites for hydroxylation is 1. The van der Waals surface area contributed by atoms with Gasteiger partial charge in [0.15, 0.2) is 16.6 Å². The van der Waals surface area contributed by atoms with Crippen molar-refractivity contribution < 1.29 is 23.8 Å². The third-order valence-corrected chi connectivity index (χ3v) is 8.17. The van der Waals surface area contributed by atoms with Gasteiger partial charge in [-0.25, -0.2) is 4.98 Å². The molecule has 3 N–H and O–H groups in total. The van der Waals surface area contributed by atoms with Crippen LogP contribution in [0.25, 0.3) is 11.1 Å². The van der Waals surface area contributed by atoms with Crippen molar-refractivity contribution in [3.05, 3.63) is 57.2 Å². The summed E-state index contributed by atoms with van der Waals surface area (Å²) >= 11 is 2.94. The monoisotopic (exact) mass is 598 g/mol. The lowest BCUT2D eigenvalue weighted by Crippen LogP contribution is -2.36. The lowest BCUT2D eigenvalue weighted by molar-refractivity contribution is -0.120. The van der Waals surface area contributed by atoms with Gasteiger partial charge in [-0.05, 0) is 66.2 Å². The molecule has 1 heterocycles. The molecule has 0 radical (unpaired) electrons. The van der Waals surface area contributed by atoms with Crippen LogP contribution in [0, 0.1) is 0 Å². The van der Waals surface area contributed by atoms with Crippen LogP contribution < -0.4 is 35.6 Å². The molecule has 0 saturated heterocycles. The molecule has 1 aliphatic carbocycles. The maximum Gasteiger partial charge on any atom is 0.248 e. The second-order valence-corrected chi connectivity index (χ2v) is 11.3. The van der Waals surface area contributed by atoms with Gasteiger partial charge in [0, 0.05) is 24.1 Å².